The molecule has 1 aromatic rings. The van der Waals surface area contributed by atoms with E-state index in [-0.39, 0.29) is 30.7 Å². The normalized spacial score (nSPS) is 14.1. The molecule has 8 heteroatoms. The minimum absolute atomic E-state index is 0.0870. The van der Waals surface area contributed by atoms with Gasteiger partial charge in [-0.15, -0.1) is 0 Å². The molecule has 26 heavy (non-hydrogen) atoms. The Kier molecular flexibility index (Phi) is 6.82. The molecule has 0 bridgehead atoms. The van der Waals surface area contributed by atoms with Crippen LogP contribution < -0.4 is 20.1 Å². The second kappa shape index (κ2) is 9.07. The third kappa shape index (κ3) is 5.94. The van der Waals surface area contributed by atoms with Gasteiger partial charge in [0.2, 0.25) is 0 Å². The van der Waals surface area contributed by atoms with Gasteiger partial charge in [0.15, 0.2) is 6.61 Å². The third-order valence-electron chi connectivity index (χ3n) is 4.09. The Labute approximate surface area is 152 Å². The lowest BCUT2D eigenvalue weighted by atomic mass is 10.2. The summed E-state index contributed by atoms with van der Waals surface area (Å²) >= 11 is 0. The fourth-order valence-corrected chi connectivity index (χ4v) is 2.40. The summed E-state index contributed by atoms with van der Waals surface area (Å²) in [6, 6.07) is 4.77. The average molecular weight is 364 g/mol. The Morgan fingerprint density at radius 2 is 1.73 bits per heavy atom. The van der Waals surface area contributed by atoms with Crippen LogP contribution in [0.3, 0.4) is 0 Å². The number of nitrogens with one attached hydrogen (secondary N) is 2. The van der Waals surface area contributed by atoms with Crippen LogP contribution in [0.15, 0.2) is 18.2 Å². The minimum atomic E-state index is -0.692. The van der Waals surface area contributed by atoms with Crippen LogP contribution in [-0.2, 0) is 14.3 Å². The van der Waals surface area contributed by atoms with Gasteiger partial charge in [0.1, 0.15) is 18.0 Å². The minimum Gasteiger partial charge on any atom is -0.497 e. The molecule has 8 nitrogen and oxygen atoms in total. The van der Waals surface area contributed by atoms with Gasteiger partial charge in [-0.25, -0.2) is 0 Å². The Morgan fingerprint density at radius 1 is 1.12 bits per heavy atom. The van der Waals surface area contributed by atoms with Crippen molar-refractivity contribution in [1.29, 1.82) is 0 Å². The van der Waals surface area contributed by atoms with Crippen LogP contribution in [0.5, 0.6) is 11.5 Å². The van der Waals surface area contributed by atoms with Crippen molar-refractivity contribution in [2.24, 2.45) is 5.92 Å². The number of esters is 1. The number of hydrogen-bond donors (Lipinski definition) is 2. The number of benzene rings is 1. The van der Waals surface area contributed by atoms with E-state index in [1.54, 1.807) is 6.07 Å². The van der Waals surface area contributed by atoms with Gasteiger partial charge >= 0.3 is 5.97 Å². The van der Waals surface area contributed by atoms with E-state index in [0.29, 0.717) is 17.4 Å². The van der Waals surface area contributed by atoms with Gasteiger partial charge in [-0.1, -0.05) is 0 Å². The van der Waals surface area contributed by atoms with Crippen LogP contribution in [-0.4, -0.2) is 51.2 Å². The summed E-state index contributed by atoms with van der Waals surface area (Å²) in [6.07, 6.45) is 2.23. The van der Waals surface area contributed by atoms with E-state index in [1.807, 2.05) is 6.92 Å². The van der Waals surface area contributed by atoms with E-state index >= 15 is 0 Å². The first-order valence-corrected chi connectivity index (χ1v) is 8.39. The summed E-state index contributed by atoms with van der Waals surface area (Å²) in [6.45, 7) is 1.22. The first kappa shape index (κ1) is 19.6. The van der Waals surface area contributed by atoms with Gasteiger partial charge < -0.3 is 24.8 Å². The highest BCUT2D eigenvalue weighted by Crippen LogP contribution is 2.32. The van der Waals surface area contributed by atoms with E-state index in [2.05, 4.69) is 10.6 Å². The molecule has 1 fully saturated rings. The summed E-state index contributed by atoms with van der Waals surface area (Å²) in [5.74, 6) is -0.0825. The highest BCUT2D eigenvalue weighted by atomic mass is 16.5. The van der Waals surface area contributed by atoms with Crippen molar-refractivity contribution < 1.29 is 28.6 Å². The molecule has 2 amide bonds. The second-order valence-corrected chi connectivity index (χ2v) is 6.14. The molecule has 1 aromatic carbocycles. The quantitative estimate of drug-likeness (QED) is 0.631. The Balaban J connectivity index is 1.75. The van der Waals surface area contributed by atoms with Crippen LogP contribution in [0.4, 0.5) is 0 Å². The van der Waals surface area contributed by atoms with Crippen LogP contribution in [0, 0.1) is 5.92 Å². The largest absolute Gasteiger partial charge is 0.497 e. The molecule has 1 atom stereocenters. The lowest BCUT2D eigenvalue weighted by molar-refractivity contribution is -0.147. The zero-order chi connectivity index (χ0) is 19.1. The standard InChI is InChI=1S/C18H24N2O6/c1-11(12-4-5-12)20-16(21)10-26-17(22)9-19-18(23)13-6-14(24-2)8-15(7-13)25-3/h6-8,11-12H,4-5,9-10H2,1-3H3,(H,19,23)(H,20,21)/t11-/m0/s1. The zero-order valence-electron chi connectivity index (χ0n) is 15.2. The molecule has 1 saturated carbocycles. The first-order valence-electron chi connectivity index (χ1n) is 8.39. The Hall–Kier alpha value is -2.77. The van der Waals surface area contributed by atoms with Crippen molar-refractivity contribution in [3.63, 3.8) is 0 Å². The monoisotopic (exact) mass is 364 g/mol. The number of carbonyl (C=O) groups excluding carboxylic acids is 3. The molecule has 1 aliphatic rings. The molecule has 2 rings (SSSR count). The van der Waals surface area contributed by atoms with Gasteiger partial charge in [-0.05, 0) is 37.8 Å². The molecule has 0 heterocycles. The number of amides is 2. The van der Waals surface area contributed by atoms with Gasteiger partial charge in [0.05, 0.1) is 14.2 Å². The number of hydrogen-bond acceptors (Lipinski definition) is 6. The predicted molar refractivity (Wildman–Crippen MR) is 93.2 cm³/mol. The molecule has 142 valence electrons. The van der Waals surface area contributed by atoms with Crippen LogP contribution >= 0.6 is 0 Å². The fraction of sp³-hybridized carbons (Fsp3) is 0.500. The molecule has 0 radical (unpaired) electrons. The Bertz CT molecular complexity index is 649. The lowest BCUT2D eigenvalue weighted by Crippen LogP contribution is -2.38. The first-order chi connectivity index (χ1) is 12.4. The molecule has 1 aliphatic carbocycles. The fourth-order valence-electron chi connectivity index (χ4n) is 2.40. The third-order valence-corrected chi connectivity index (χ3v) is 4.09. The van der Waals surface area contributed by atoms with Crippen molar-refractivity contribution >= 4 is 17.8 Å². The molecule has 2 N–H and O–H groups in total. The van der Waals surface area contributed by atoms with E-state index < -0.39 is 11.9 Å². The number of carbonyl (C=O) groups is 3. The maximum Gasteiger partial charge on any atom is 0.325 e. The average Bonchev–Trinajstić information content (AvgIpc) is 3.49. The maximum atomic E-state index is 12.1. The van der Waals surface area contributed by atoms with Crippen LogP contribution in [0.1, 0.15) is 30.1 Å². The molecular formula is C18H24N2O6. The molecular weight excluding hydrogens is 340 g/mol. The van der Waals surface area contributed by atoms with Gasteiger partial charge in [0, 0.05) is 17.7 Å². The molecule has 0 saturated heterocycles. The van der Waals surface area contributed by atoms with Gasteiger partial charge in [-0.2, -0.15) is 0 Å². The van der Waals surface area contributed by atoms with Gasteiger partial charge in [0.25, 0.3) is 11.8 Å². The molecule has 0 aromatic heterocycles. The van der Waals surface area contributed by atoms with E-state index in [9.17, 15) is 14.4 Å². The van der Waals surface area contributed by atoms with Crippen molar-refractivity contribution in [2.45, 2.75) is 25.8 Å². The highest BCUT2D eigenvalue weighted by Gasteiger charge is 2.28. The zero-order valence-corrected chi connectivity index (χ0v) is 15.2. The topological polar surface area (TPSA) is 103 Å². The Morgan fingerprint density at radius 3 is 2.27 bits per heavy atom. The van der Waals surface area contributed by atoms with Crippen molar-refractivity contribution in [3.8, 4) is 11.5 Å². The van der Waals surface area contributed by atoms with Crippen LogP contribution in [0.25, 0.3) is 0 Å². The number of rotatable bonds is 9. The SMILES string of the molecule is COc1cc(OC)cc(C(=O)NCC(=O)OCC(=O)N[C@@H](C)C2CC2)c1. The lowest BCUT2D eigenvalue weighted by Gasteiger charge is -2.13. The second-order valence-electron chi connectivity index (χ2n) is 6.14. The summed E-state index contributed by atoms with van der Waals surface area (Å²) in [5.41, 5.74) is 0.282. The number of ether oxygens (including phenoxy) is 3. The molecule has 0 spiro atoms. The molecule has 0 unspecified atom stereocenters. The van der Waals surface area contributed by atoms with E-state index in [1.165, 1.54) is 26.4 Å². The van der Waals surface area contributed by atoms with E-state index in [4.69, 9.17) is 14.2 Å². The smallest absolute Gasteiger partial charge is 0.325 e. The van der Waals surface area contributed by atoms with Crippen molar-refractivity contribution in [1.82, 2.24) is 10.6 Å². The maximum absolute atomic E-state index is 12.1. The van der Waals surface area contributed by atoms with Crippen molar-refractivity contribution in [2.75, 3.05) is 27.4 Å². The van der Waals surface area contributed by atoms with E-state index in [0.717, 1.165) is 12.8 Å². The predicted octanol–water partition coefficient (Wildman–Crippen LogP) is 0.891. The van der Waals surface area contributed by atoms with Crippen LogP contribution in [0.2, 0.25) is 0 Å². The summed E-state index contributed by atoms with van der Waals surface area (Å²) in [5, 5.41) is 5.22. The summed E-state index contributed by atoms with van der Waals surface area (Å²) < 4.78 is 15.1. The molecule has 0 aliphatic heterocycles. The van der Waals surface area contributed by atoms with Crippen molar-refractivity contribution in [3.05, 3.63) is 23.8 Å². The number of methoxy groups -OCH3 is 2. The summed E-state index contributed by atoms with van der Waals surface area (Å²) in [7, 11) is 2.95. The highest BCUT2D eigenvalue weighted by molar-refractivity contribution is 5.96. The summed E-state index contributed by atoms with van der Waals surface area (Å²) in [4.78, 5) is 35.5. The van der Waals surface area contributed by atoms with Gasteiger partial charge in [-0.3, -0.25) is 14.4 Å².